The van der Waals surface area contributed by atoms with Crippen LogP contribution >= 0.6 is 0 Å². The number of fused-ring (bicyclic) bond motifs is 1. The van der Waals surface area contributed by atoms with Gasteiger partial charge in [0.2, 0.25) is 0 Å². The lowest BCUT2D eigenvalue weighted by atomic mass is 10.1. The van der Waals surface area contributed by atoms with Gasteiger partial charge >= 0.3 is 0 Å². The Morgan fingerprint density at radius 2 is 2.29 bits per heavy atom. The SMILES string of the molecule is NCC(N)CNCCc1ccc2ncoc2c1. The molecule has 1 aromatic carbocycles. The van der Waals surface area contributed by atoms with Crippen LogP contribution in [0.4, 0.5) is 0 Å². The second-order valence-electron chi connectivity index (χ2n) is 4.10. The summed E-state index contributed by atoms with van der Waals surface area (Å²) < 4.78 is 5.25. The Hall–Kier alpha value is -1.43. The topological polar surface area (TPSA) is 90.1 Å². The first-order chi connectivity index (χ1) is 8.29. The maximum absolute atomic E-state index is 5.70. The van der Waals surface area contributed by atoms with Crippen LogP contribution in [0.2, 0.25) is 0 Å². The average molecular weight is 234 g/mol. The molecule has 0 saturated carbocycles. The minimum Gasteiger partial charge on any atom is -0.443 e. The summed E-state index contributed by atoms with van der Waals surface area (Å²) in [6.07, 6.45) is 2.40. The molecule has 5 N–H and O–H groups in total. The summed E-state index contributed by atoms with van der Waals surface area (Å²) in [4.78, 5) is 4.08. The van der Waals surface area contributed by atoms with Crippen molar-refractivity contribution in [2.75, 3.05) is 19.6 Å². The molecule has 1 atom stereocenters. The monoisotopic (exact) mass is 234 g/mol. The fourth-order valence-electron chi connectivity index (χ4n) is 1.66. The molecule has 0 aliphatic rings. The van der Waals surface area contributed by atoms with Crippen LogP contribution in [0.5, 0.6) is 0 Å². The van der Waals surface area contributed by atoms with E-state index >= 15 is 0 Å². The van der Waals surface area contributed by atoms with Crippen LogP contribution < -0.4 is 16.8 Å². The fraction of sp³-hybridized carbons (Fsp3) is 0.417. The number of nitrogens with zero attached hydrogens (tertiary/aromatic N) is 1. The van der Waals surface area contributed by atoms with Crippen molar-refractivity contribution >= 4 is 11.1 Å². The van der Waals surface area contributed by atoms with Gasteiger partial charge in [-0.15, -0.1) is 0 Å². The van der Waals surface area contributed by atoms with Gasteiger partial charge in [-0.1, -0.05) is 6.07 Å². The third kappa shape index (κ3) is 3.26. The van der Waals surface area contributed by atoms with Gasteiger partial charge in [-0.2, -0.15) is 0 Å². The van der Waals surface area contributed by atoms with Crippen molar-refractivity contribution in [1.29, 1.82) is 0 Å². The van der Waals surface area contributed by atoms with E-state index in [0.29, 0.717) is 6.54 Å². The zero-order chi connectivity index (χ0) is 12.1. The number of benzene rings is 1. The number of hydrogen-bond donors (Lipinski definition) is 3. The van der Waals surface area contributed by atoms with Crippen LogP contribution in [0.25, 0.3) is 11.1 Å². The number of nitrogens with one attached hydrogen (secondary N) is 1. The number of oxazole rings is 1. The van der Waals surface area contributed by atoms with Gasteiger partial charge in [0.05, 0.1) is 0 Å². The predicted octanol–water partition coefficient (Wildman–Crippen LogP) is 0.246. The molecule has 2 aromatic rings. The van der Waals surface area contributed by atoms with Gasteiger partial charge in [0.1, 0.15) is 5.52 Å². The zero-order valence-electron chi connectivity index (χ0n) is 9.73. The molecular weight excluding hydrogens is 216 g/mol. The molecule has 1 heterocycles. The maximum atomic E-state index is 5.70. The van der Waals surface area contributed by atoms with Crippen molar-refractivity contribution < 1.29 is 4.42 Å². The molecule has 92 valence electrons. The standard InChI is InChI=1S/C12H18N4O/c13-6-10(14)7-15-4-3-9-1-2-11-12(5-9)17-8-16-11/h1-2,5,8,10,15H,3-4,6-7,13-14H2. The molecule has 0 radical (unpaired) electrons. The van der Waals surface area contributed by atoms with Gasteiger partial charge in [-0.25, -0.2) is 4.98 Å². The summed E-state index contributed by atoms with van der Waals surface area (Å²) in [6, 6.07) is 6.09. The Labute approximate surface area is 100 Å². The van der Waals surface area contributed by atoms with Gasteiger partial charge in [0.25, 0.3) is 0 Å². The number of hydrogen-bond acceptors (Lipinski definition) is 5. The second-order valence-corrected chi connectivity index (χ2v) is 4.10. The molecule has 0 bridgehead atoms. The average Bonchev–Trinajstić information content (AvgIpc) is 2.81. The van der Waals surface area contributed by atoms with E-state index in [1.807, 2.05) is 12.1 Å². The Balaban J connectivity index is 1.82. The lowest BCUT2D eigenvalue weighted by molar-refractivity contribution is 0.582. The smallest absolute Gasteiger partial charge is 0.181 e. The lowest BCUT2D eigenvalue weighted by Gasteiger charge is -2.09. The molecule has 0 spiro atoms. The van der Waals surface area contributed by atoms with E-state index in [2.05, 4.69) is 16.4 Å². The Kier molecular flexibility index (Phi) is 4.08. The highest BCUT2D eigenvalue weighted by molar-refractivity contribution is 5.72. The minimum absolute atomic E-state index is 0.0340. The van der Waals surface area contributed by atoms with E-state index < -0.39 is 0 Å². The van der Waals surface area contributed by atoms with Crippen LogP contribution in [-0.2, 0) is 6.42 Å². The molecule has 0 saturated heterocycles. The summed E-state index contributed by atoms with van der Waals surface area (Å²) >= 11 is 0. The molecule has 17 heavy (non-hydrogen) atoms. The fourth-order valence-corrected chi connectivity index (χ4v) is 1.66. The molecule has 0 fully saturated rings. The summed E-state index contributed by atoms with van der Waals surface area (Å²) in [5.41, 5.74) is 14.1. The molecule has 0 aliphatic heterocycles. The van der Waals surface area contributed by atoms with Gasteiger partial charge in [0.15, 0.2) is 12.0 Å². The Morgan fingerprint density at radius 1 is 1.41 bits per heavy atom. The lowest BCUT2D eigenvalue weighted by Crippen LogP contribution is -2.40. The van der Waals surface area contributed by atoms with Gasteiger partial charge in [-0.05, 0) is 30.7 Å². The van der Waals surface area contributed by atoms with Crippen molar-refractivity contribution in [3.05, 3.63) is 30.2 Å². The van der Waals surface area contributed by atoms with Crippen LogP contribution in [0, 0.1) is 0 Å². The number of aromatic nitrogens is 1. The summed E-state index contributed by atoms with van der Waals surface area (Å²) in [7, 11) is 0. The highest BCUT2D eigenvalue weighted by Gasteiger charge is 2.01. The van der Waals surface area contributed by atoms with Crippen LogP contribution in [0.15, 0.2) is 29.0 Å². The molecule has 5 nitrogen and oxygen atoms in total. The number of nitrogens with two attached hydrogens (primary N) is 2. The first-order valence-electron chi connectivity index (χ1n) is 5.78. The van der Waals surface area contributed by atoms with Crippen molar-refractivity contribution in [3.63, 3.8) is 0 Å². The van der Waals surface area contributed by atoms with Crippen molar-refractivity contribution in [3.8, 4) is 0 Å². The highest BCUT2D eigenvalue weighted by Crippen LogP contribution is 2.14. The Bertz CT molecular complexity index is 468. The van der Waals surface area contributed by atoms with Crippen molar-refractivity contribution in [1.82, 2.24) is 10.3 Å². The second kappa shape index (κ2) is 5.77. The van der Waals surface area contributed by atoms with Crippen LogP contribution in [0.1, 0.15) is 5.56 Å². The third-order valence-electron chi connectivity index (χ3n) is 2.70. The molecule has 0 aliphatic carbocycles. The predicted molar refractivity (Wildman–Crippen MR) is 67.6 cm³/mol. The zero-order valence-corrected chi connectivity index (χ0v) is 9.73. The quantitative estimate of drug-likeness (QED) is 0.623. The summed E-state index contributed by atoms with van der Waals surface area (Å²) in [6.45, 7) is 2.14. The Morgan fingerprint density at radius 3 is 3.12 bits per heavy atom. The van der Waals surface area contributed by atoms with E-state index in [-0.39, 0.29) is 6.04 Å². The van der Waals surface area contributed by atoms with Gasteiger partial charge < -0.3 is 21.2 Å². The normalized spacial score (nSPS) is 13.1. The molecule has 5 heteroatoms. The van der Waals surface area contributed by atoms with Crippen LogP contribution in [-0.4, -0.2) is 30.7 Å². The van der Waals surface area contributed by atoms with Gasteiger partial charge in [-0.3, -0.25) is 0 Å². The first kappa shape index (κ1) is 12.0. The summed E-state index contributed by atoms with van der Waals surface area (Å²) in [5, 5.41) is 3.28. The van der Waals surface area contributed by atoms with Crippen LogP contribution in [0.3, 0.4) is 0 Å². The first-order valence-corrected chi connectivity index (χ1v) is 5.78. The van der Waals surface area contributed by atoms with E-state index in [9.17, 15) is 0 Å². The molecule has 1 unspecified atom stereocenters. The molecule has 0 amide bonds. The van der Waals surface area contributed by atoms with Crippen molar-refractivity contribution in [2.24, 2.45) is 11.5 Å². The highest BCUT2D eigenvalue weighted by atomic mass is 16.3. The number of rotatable bonds is 6. The van der Waals surface area contributed by atoms with E-state index in [4.69, 9.17) is 15.9 Å². The summed E-state index contributed by atoms with van der Waals surface area (Å²) in [5.74, 6) is 0. The van der Waals surface area contributed by atoms with Crippen molar-refractivity contribution in [2.45, 2.75) is 12.5 Å². The van der Waals surface area contributed by atoms with E-state index in [1.165, 1.54) is 12.0 Å². The minimum atomic E-state index is 0.0340. The van der Waals surface area contributed by atoms with E-state index in [0.717, 1.165) is 30.6 Å². The third-order valence-corrected chi connectivity index (χ3v) is 2.70. The maximum Gasteiger partial charge on any atom is 0.181 e. The van der Waals surface area contributed by atoms with E-state index in [1.54, 1.807) is 0 Å². The molecule has 1 aromatic heterocycles. The largest absolute Gasteiger partial charge is 0.443 e. The van der Waals surface area contributed by atoms with Gasteiger partial charge in [0, 0.05) is 19.1 Å². The molecule has 2 rings (SSSR count). The molecular formula is C12H18N4O.